The van der Waals surface area contributed by atoms with Crippen LogP contribution in [0.4, 0.5) is 0 Å². The molecule has 1 heterocycles. The molecule has 1 saturated heterocycles. The second-order valence-electron chi connectivity index (χ2n) is 4.53. The van der Waals surface area contributed by atoms with E-state index in [4.69, 9.17) is 5.73 Å². The van der Waals surface area contributed by atoms with Crippen LogP contribution < -0.4 is 5.73 Å². The Morgan fingerprint density at radius 3 is 2.80 bits per heavy atom. The summed E-state index contributed by atoms with van der Waals surface area (Å²) in [5.41, 5.74) is 5.90. The number of rotatable bonds is 3. The first kappa shape index (κ1) is 12.8. The molecule has 3 nitrogen and oxygen atoms in total. The molecule has 0 aliphatic carbocycles. The topological polar surface area (TPSA) is 46.3 Å². The highest BCUT2D eigenvalue weighted by Gasteiger charge is 2.22. The fourth-order valence-corrected chi connectivity index (χ4v) is 2.70. The lowest BCUT2D eigenvalue weighted by Gasteiger charge is -2.24. The van der Waals surface area contributed by atoms with Gasteiger partial charge in [0, 0.05) is 18.8 Å². The minimum atomic E-state index is -0.298. The molecule has 0 saturated carbocycles. The van der Waals surface area contributed by atoms with Gasteiger partial charge in [0.25, 0.3) is 0 Å². The maximum absolute atomic E-state index is 12.0. The summed E-state index contributed by atoms with van der Waals surface area (Å²) in [5, 5.41) is 0. The quantitative estimate of drug-likeness (QED) is 0.795. The summed E-state index contributed by atoms with van der Waals surface area (Å²) in [4.78, 5) is 13.9. The van der Waals surface area contributed by atoms with Crippen molar-refractivity contribution in [2.24, 2.45) is 11.7 Å². The Bertz CT molecular complexity index is 201. The fraction of sp³-hybridized carbons (Fsp3) is 0.909. The first-order valence-electron chi connectivity index (χ1n) is 5.73. The van der Waals surface area contributed by atoms with Gasteiger partial charge in [0.15, 0.2) is 0 Å². The zero-order valence-corrected chi connectivity index (χ0v) is 10.6. The van der Waals surface area contributed by atoms with Crippen molar-refractivity contribution in [2.45, 2.75) is 32.7 Å². The molecular weight excluding hydrogens is 208 g/mol. The summed E-state index contributed by atoms with van der Waals surface area (Å²) >= 11 is 1.93. The average molecular weight is 230 g/mol. The zero-order chi connectivity index (χ0) is 11.3. The van der Waals surface area contributed by atoms with Gasteiger partial charge < -0.3 is 10.6 Å². The van der Waals surface area contributed by atoms with E-state index in [1.54, 1.807) is 0 Å². The van der Waals surface area contributed by atoms with E-state index in [0.29, 0.717) is 5.92 Å². The van der Waals surface area contributed by atoms with Gasteiger partial charge in [-0.1, -0.05) is 13.8 Å². The zero-order valence-electron chi connectivity index (χ0n) is 9.74. The second-order valence-corrected chi connectivity index (χ2v) is 5.75. The van der Waals surface area contributed by atoms with Gasteiger partial charge in [0.05, 0.1) is 6.04 Å². The minimum Gasteiger partial charge on any atom is -0.340 e. The Morgan fingerprint density at radius 2 is 2.13 bits per heavy atom. The molecule has 0 radical (unpaired) electrons. The highest BCUT2D eigenvalue weighted by atomic mass is 32.2. The summed E-state index contributed by atoms with van der Waals surface area (Å²) in [6, 6.07) is -0.298. The standard InChI is InChI=1S/C11H22N2OS/c1-9(2)8-10(12)11(14)13-4-3-6-15-7-5-13/h9-10H,3-8,12H2,1-2H3/t10-/m1/s1. The Balaban J connectivity index is 2.42. The van der Waals surface area contributed by atoms with Gasteiger partial charge in [-0.25, -0.2) is 0 Å². The molecule has 1 aliphatic rings. The lowest BCUT2D eigenvalue weighted by Crippen LogP contribution is -2.45. The van der Waals surface area contributed by atoms with E-state index in [9.17, 15) is 4.79 Å². The van der Waals surface area contributed by atoms with E-state index in [1.807, 2.05) is 16.7 Å². The summed E-state index contributed by atoms with van der Waals surface area (Å²) in [6.45, 7) is 5.96. The van der Waals surface area contributed by atoms with Crippen LogP contribution in [0.2, 0.25) is 0 Å². The van der Waals surface area contributed by atoms with Gasteiger partial charge in [-0.3, -0.25) is 4.79 Å². The van der Waals surface area contributed by atoms with Crippen molar-refractivity contribution >= 4 is 17.7 Å². The van der Waals surface area contributed by atoms with Gasteiger partial charge >= 0.3 is 0 Å². The normalized spacial score (nSPS) is 20.1. The third-order valence-corrected chi connectivity index (χ3v) is 3.63. The largest absolute Gasteiger partial charge is 0.340 e. The number of amides is 1. The van der Waals surface area contributed by atoms with Crippen molar-refractivity contribution < 1.29 is 4.79 Å². The van der Waals surface area contributed by atoms with Crippen molar-refractivity contribution in [2.75, 3.05) is 24.6 Å². The van der Waals surface area contributed by atoms with E-state index in [0.717, 1.165) is 31.7 Å². The SMILES string of the molecule is CC(C)C[C@@H](N)C(=O)N1CCCSCC1. The van der Waals surface area contributed by atoms with Crippen LogP contribution in [-0.2, 0) is 4.79 Å². The molecule has 1 atom stereocenters. The van der Waals surface area contributed by atoms with Crippen LogP contribution in [0.1, 0.15) is 26.7 Å². The molecule has 1 aliphatic heterocycles. The van der Waals surface area contributed by atoms with Gasteiger partial charge in [-0.15, -0.1) is 0 Å². The minimum absolute atomic E-state index is 0.145. The number of nitrogens with two attached hydrogens (primary N) is 1. The molecule has 0 unspecified atom stereocenters. The van der Waals surface area contributed by atoms with E-state index < -0.39 is 0 Å². The Hall–Kier alpha value is -0.220. The average Bonchev–Trinajstić information content (AvgIpc) is 2.43. The predicted molar refractivity (Wildman–Crippen MR) is 66.0 cm³/mol. The molecule has 0 bridgehead atoms. The van der Waals surface area contributed by atoms with Gasteiger partial charge in [0.1, 0.15) is 0 Å². The number of nitrogens with zero attached hydrogens (tertiary/aromatic N) is 1. The lowest BCUT2D eigenvalue weighted by molar-refractivity contribution is -0.132. The van der Waals surface area contributed by atoms with Crippen molar-refractivity contribution in [3.63, 3.8) is 0 Å². The second kappa shape index (κ2) is 6.38. The molecule has 1 fully saturated rings. The Labute approximate surface area is 96.8 Å². The van der Waals surface area contributed by atoms with Crippen molar-refractivity contribution in [3.05, 3.63) is 0 Å². The highest BCUT2D eigenvalue weighted by Crippen LogP contribution is 2.12. The summed E-state index contributed by atoms with van der Waals surface area (Å²) in [6.07, 6.45) is 1.90. The molecule has 0 aromatic heterocycles. The summed E-state index contributed by atoms with van der Waals surface area (Å²) in [7, 11) is 0. The number of carbonyl (C=O) groups excluding carboxylic acids is 1. The summed E-state index contributed by atoms with van der Waals surface area (Å²) < 4.78 is 0. The third-order valence-electron chi connectivity index (χ3n) is 2.58. The monoisotopic (exact) mass is 230 g/mol. The summed E-state index contributed by atoms with van der Waals surface area (Å²) in [5.74, 6) is 2.86. The molecular formula is C11H22N2OS. The van der Waals surface area contributed by atoms with Gasteiger partial charge in [0.2, 0.25) is 5.91 Å². The van der Waals surface area contributed by atoms with Crippen LogP contribution in [0, 0.1) is 5.92 Å². The van der Waals surface area contributed by atoms with Crippen LogP contribution >= 0.6 is 11.8 Å². The van der Waals surface area contributed by atoms with Gasteiger partial charge in [-0.2, -0.15) is 11.8 Å². The van der Waals surface area contributed by atoms with E-state index in [-0.39, 0.29) is 11.9 Å². The van der Waals surface area contributed by atoms with E-state index in [1.165, 1.54) is 5.75 Å². The van der Waals surface area contributed by atoms with Crippen LogP contribution in [-0.4, -0.2) is 41.4 Å². The smallest absolute Gasteiger partial charge is 0.239 e. The number of thioether (sulfide) groups is 1. The molecule has 0 aromatic carbocycles. The van der Waals surface area contributed by atoms with Crippen LogP contribution in [0.5, 0.6) is 0 Å². The first-order valence-corrected chi connectivity index (χ1v) is 6.89. The Morgan fingerprint density at radius 1 is 1.40 bits per heavy atom. The maximum atomic E-state index is 12.0. The number of hydrogen-bond acceptors (Lipinski definition) is 3. The third kappa shape index (κ3) is 4.43. The lowest BCUT2D eigenvalue weighted by atomic mass is 10.0. The maximum Gasteiger partial charge on any atom is 0.239 e. The molecule has 0 aromatic rings. The highest BCUT2D eigenvalue weighted by molar-refractivity contribution is 7.99. The number of hydrogen-bond donors (Lipinski definition) is 1. The number of carbonyl (C=O) groups is 1. The molecule has 88 valence electrons. The van der Waals surface area contributed by atoms with Crippen molar-refractivity contribution in [1.82, 2.24) is 4.90 Å². The van der Waals surface area contributed by atoms with Gasteiger partial charge in [-0.05, 0) is 24.5 Å². The molecule has 2 N–H and O–H groups in total. The van der Waals surface area contributed by atoms with Crippen LogP contribution in [0.3, 0.4) is 0 Å². The molecule has 4 heteroatoms. The van der Waals surface area contributed by atoms with Crippen molar-refractivity contribution in [1.29, 1.82) is 0 Å². The van der Waals surface area contributed by atoms with E-state index >= 15 is 0 Å². The molecule has 1 amide bonds. The van der Waals surface area contributed by atoms with Crippen LogP contribution in [0.15, 0.2) is 0 Å². The molecule has 0 spiro atoms. The van der Waals surface area contributed by atoms with E-state index in [2.05, 4.69) is 13.8 Å². The first-order chi connectivity index (χ1) is 7.11. The Kier molecular flexibility index (Phi) is 5.47. The molecule has 15 heavy (non-hydrogen) atoms. The van der Waals surface area contributed by atoms with Crippen molar-refractivity contribution in [3.8, 4) is 0 Å². The van der Waals surface area contributed by atoms with Crippen LogP contribution in [0.25, 0.3) is 0 Å². The predicted octanol–water partition coefficient (Wildman–Crippen LogP) is 1.33. The molecule has 1 rings (SSSR count). The fourth-order valence-electron chi connectivity index (χ4n) is 1.81.